The number of alkyl halides is 3. The molecule has 1 nitrogen and oxygen atoms in total. The molecule has 6 heteroatoms. The van der Waals surface area contributed by atoms with Gasteiger partial charge in [-0.3, -0.25) is 0 Å². The van der Waals surface area contributed by atoms with Crippen molar-refractivity contribution in [2.45, 2.75) is 20.0 Å². The highest BCUT2D eigenvalue weighted by atomic mass is 32.1. The van der Waals surface area contributed by atoms with Gasteiger partial charge in [0.15, 0.2) is 0 Å². The Morgan fingerprint density at radius 3 is 1.20 bits per heavy atom. The van der Waals surface area contributed by atoms with Gasteiger partial charge in [0, 0.05) is 36.6 Å². The van der Waals surface area contributed by atoms with Crippen LogP contribution in [-0.4, -0.2) is 0 Å². The number of anilines is 3. The van der Waals surface area contributed by atoms with Crippen LogP contribution in [0.3, 0.4) is 0 Å². The molecule has 0 saturated heterocycles. The summed E-state index contributed by atoms with van der Waals surface area (Å²) >= 11 is 3.47. The fourth-order valence-electron chi connectivity index (χ4n) is 3.98. The third kappa shape index (κ3) is 5.04. The molecule has 0 saturated carbocycles. The molecule has 0 fully saturated rings. The number of benzene rings is 3. The van der Waals surface area contributed by atoms with E-state index in [-0.39, 0.29) is 0 Å². The molecular formula is C29H22F3NS2. The normalized spacial score (nSPS) is 11.6. The number of aryl methyl sites for hydroxylation is 2. The molecule has 5 aromatic rings. The maximum Gasteiger partial charge on any atom is 0.416 e. The zero-order chi connectivity index (χ0) is 24.6. The minimum Gasteiger partial charge on any atom is -0.311 e. The zero-order valence-electron chi connectivity index (χ0n) is 19.1. The summed E-state index contributed by atoms with van der Waals surface area (Å²) in [7, 11) is 0. The van der Waals surface area contributed by atoms with Crippen LogP contribution in [0.15, 0.2) is 97.1 Å². The van der Waals surface area contributed by atoms with E-state index in [4.69, 9.17) is 0 Å². The largest absolute Gasteiger partial charge is 0.416 e. The van der Waals surface area contributed by atoms with Crippen LogP contribution in [0, 0.1) is 13.8 Å². The van der Waals surface area contributed by atoms with Crippen LogP contribution >= 0.6 is 22.7 Å². The molecule has 35 heavy (non-hydrogen) atoms. The van der Waals surface area contributed by atoms with Crippen molar-refractivity contribution in [3.63, 3.8) is 0 Å². The third-order valence-corrected chi connectivity index (χ3v) is 7.85. The van der Waals surface area contributed by atoms with Gasteiger partial charge >= 0.3 is 6.18 Å². The first-order valence-corrected chi connectivity index (χ1v) is 12.7. The van der Waals surface area contributed by atoms with Crippen LogP contribution in [0.25, 0.3) is 20.9 Å². The van der Waals surface area contributed by atoms with E-state index in [2.05, 4.69) is 62.4 Å². The number of thiophene rings is 2. The highest BCUT2D eigenvalue weighted by molar-refractivity contribution is 7.15. The van der Waals surface area contributed by atoms with Crippen LogP contribution < -0.4 is 4.90 Å². The van der Waals surface area contributed by atoms with Crippen molar-refractivity contribution in [3.8, 4) is 20.9 Å². The monoisotopic (exact) mass is 505 g/mol. The summed E-state index contributed by atoms with van der Waals surface area (Å²) in [6.45, 7) is 4.16. The lowest BCUT2D eigenvalue weighted by molar-refractivity contribution is -0.137. The average Bonchev–Trinajstić information content (AvgIpc) is 3.48. The van der Waals surface area contributed by atoms with Crippen LogP contribution in [0.2, 0.25) is 0 Å². The van der Waals surface area contributed by atoms with Crippen LogP contribution in [0.5, 0.6) is 0 Å². The van der Waals surface area contributed by atoms with Gasteiger partial charge in [0.2, 0.25) is 0 Å². The lowest BCUT2D eigenvalue weighted by atomic mass is 10.1. The molecule has 0 spiro atoms. The first-order chi connectivity index (χ1) is 16.8. The Bertz CT molecular complexity index is 1340. The molecule has 176 valence electrons. The van der Waals surface area contributed by atoms with Gasteiger partial charge in [-0.15, -0.1) is 22.7 Å². The Balaban J connectivity index is 1.54. The summed E-state index contributed by atoms with van der Waals surface area (Å²) in [5, 5.41) is 0. The quantitative estimate of drug-likeness (QED) is 0.230. The Labute approximate surface area is 210 Å². The topological polar surface area (TPSA) is 3.24 Å². The van der Waals surface area contributed by atoms with Gasteiger partial charge in [-0.05, 0) is 97.8 Å². The molecule has 3 aromatic carbocycles. The predicted octanol–water partition coefficient (Wildman–Crippen LogP) is 10.2. The standard InChI is InChI=1S/C29H22F3NS2/c1-19-3-17-27(34-19)21-5-11-24(12-6-21)33(26-15-9-23(10-16-26)29(30,31)32)25-13-7-22(8-14-25)28-18-4-20(2)35-28/h3-18H,1-2H3. The van der Waals surface area contributed by atoms with Crippen molar-refractivity contribution < 1.29 is 13.2 Å². The number of halogens is 3. The molecule has 5 rings (SSSR count). The molecule has 0 bridgehead atoms. The maximum absolute atomic E-state index is 13.2. The molecule has 0 aliphatic rings. The first kappa shape index (κ1) is 23.4. The number of nitrogens with zero attached hydrogens (tertiary/aromatic N) is 1. The van der Waals surface area contributed by atoms with Crippen LogP contribution in [0.4, 0.5) is 30.2 Å². The van der Waals surface area contributed by atoms with Gasteiger partial charge in [-0.2, -0.15) is 13.2 Å². The number of hydrogen-bond acceptors (Lipinski definition) is 3. The highest BCUT2D eigenvalue weighted by Crippen LogP contribution is 2.39. The lowest BCUT2D eigenvalue weighted by Gasteiger charge is -2.26. The van der Waals surface area contributed by atoms with Gasteiger partial charge in [-0.25, -0.2) is 0 Å². The second-order valence-electron chi connectivity index (χ2n) is 8.29. The second kappa shape index (κ2) is 9.36. The first-order valence-electron chi connectivity index (χ1n) is 11.1. The van der Waals surface area contributed by atoms with Gasteiger partial charge < -0.3 is 4.90 Å². The average molecular weight is 506 g/mol. The molecule has 0 aliphatic carbocycles. The van der Waals surface area contributed by atoms with E-state index in [1.807, 2.05) is 29.2 Å². The smallest absolute Gasteiger partial charge is 0.311 e. The maximum atomic E-state index is 13.2. The summed E-state index contributed by atoms with van der Waals surface area (Å²) in [6, 6.07) is 30.0. The van der Waals surface area contributed by atoms with Crippen molar-refractivity contribution in [3.05, 3.63) is 112 Å². The van der Waals surface area contributed by atoms with Crippen molar-refractivity contribution >= 4 is 39.7 Å². The van der Waals surface area contributed by atoms with E-state index < -0.39 is 11.7 Å². The summed E-state index contributed by atoms with van der Waals surface area (Å²) in [5.41, 5.74) is 3.98. The van der Waals surface area contributed by atoms with Crippen molar-refractivity contribution in [1.29, 1.82) is 0 Å². The zero-order valence-corrected chi connectivity index (χ0v) is 20.8. The predicted molar refractivity (Wildman–Crippen MR) is 142 cm³/mol. The Morgan fingerprint density at radius 2 is 0.886 bits per heavy atom. The molecule has 2 heterocycles. The molecule has 0 N–H and O–H groups in total. The lowest BCUT2D eigenvalue weighted by Crippen LogP contribution is -2.11. The SMILES string of the molecule is Cc1ccc(-c2ccc(N(c3ccc(-c4ccc(C)s4)cc3)c3ccc(C(F)(F)F)cc3)cc2)s1. The van der Waals surface area contributed by atoms with Crippen LogP contribution in [-0.2, 0) is 6.18 Å². The summed E-state index contributed by atoms with van der Waals surface area (Å²) in [4.78, 5) is 6.84. The van der Waals surface area contributed by atoms with Crippen LogP contribution in [0.1, 0.15) is 15.3 Å². The van der Waals surface area contributed by atoms with Crippen molar-refractivity contribution in [2.75, 3.05) is 4.90 Å². The molecule has 0 aliphatic heterocycles. The van der Waals surface area contributed by atoms with Gasteiger partial charge in [0.1, 0.15) is 0 Å². The van der Waals surface area contributed by atoms with E-state index in [0.717, 1.165) is 34.6 Å². The van der Waals surface area contributed by atoms with Crippen molar-refractivity contribution in [2.24, 2.45) is 0 Å². The Hall–Kier alpha value is -3.35. The van der Waals surface area contributed by atoms with Gasteiger partial charge in [0.05, 0.1) is 5.56 Å². The molecule has 0 atom stereocenters. The molecule has 0 unspecified atom stereocenters. The molecule has 2 aromatic heterocycles. The number of rotatable bonds is 5. The fourth-order valence-corrected chi connectivity index (χ4v) is 5.72. The minimum absolute atomic E-state index is 0.659. The molecule has 0 radical (unpaired) electrons. The molecular weight excluding hydrogens is 483 g/mol. The third-order valence-electron chi connectivity index (χ3n) is 5.75. The second-order valence-corrected chi connectivity index (χ2v) is 10.9. The summed E-state index contributed by atoms with van der Waals surface area (Å²) in [5.74, 6) is 0. The van der Waals surface area contributed by atoms with E-state index >= 15 is 0 Å². The Morgan fingerprint density at radius 1 is 0.514 bits per heavy atom. The van der Waals surface area contributed by atoms with E-state index in [1.54, 1.807) is 22.7 Å². The van der Waals surface area contributed by atoms with E-state index in [9.17, 15) is 13.2 Å². The van der Waals surface area contributed by atoms with E-state index in [1.165, 1.54) is 31.6 Å². The summed E-state index contributed by atoms with van der Waals surface area (Å²) in [6.07, 6.45) is -4.37. The molecule has 0 amide bonds. The fraction of sp³-hybridized carbons (Fsp3) is 0.103. The summed E-state index contributed by atoms with van der Waals surface area (Å²) < 4.78 is 39.5. The minimum atomic E-state index is -4.37. The number of hydrogen-bond donors (Lipinski definition) is 0. The van der Waals surface area contributed by atoms with Gasteiger partial charge in [0.25, 0.3) is 0 Å². The van der Waals surface area contributed by atoms with Gasteiger partial charge in [-0.1, -0.05) is 24.3 Å². The highest BCUT2D eigenvalue weighted by Gasteiger charge is 2.30. The van der Waals surface area contributed by atoms with E-state index in [0.29, 0.717) is 5.69 Å². The van der Waals surface area contributed by atoms with Crippen molar-refractivity contribution in [1.82, 2.24) is 0 Å². The Kier molecular flexibility index (Phi) is 6.26.